The van der Waals surface area contributed by atoms with Crippen LogP contribution in [0, 0.1) is 6.92 Å². The van der Waals surface area contributed by atoms with Gasteiger partial charge in [-0.15, -0.1) is 0 Å². The van der Waals surface area contributed by atoms with Gasteiger partial charge in [-0.1, -0.05) is 11.3 Å². The molecule has 4 heterocycles. The zero-order valence-corrected chi connectivity index (χ0v) is 13.7. The maximum absolute atomic E-state index is 5.71. The Bertz CT molecular complexity index is 629. The van der Waals surface area contributed by atoms with Crippen molar-refractivity contribution in [3.8, 4) is 0 Å². The number of thiazole rings is 1. The van der Waals surface area contributed by atoms with Gasteiger partial charge in [0.1, 0.15) is 0 Å². The van der Waals surface area contributed by atoms with Crippen molar-refractivity contribution in [3.05, 3.63) is 5.69 Å². The average Bonchev–Trinajstić information content (AvgIpc) is 3.20. The minimum atomic E-state index is 0.284. The summed E-state index contributed by atoms with van der Waals surface area (Å²) < 4.78 is 14.2. The highest BCUT2D eigenvalue weighted by molar-refractivity contribution is 7.22. The number of hydrogen-bond acceptors (Lipinski definition) is 7. The number of rotatable bonds is 3. The Hall–Kier alpha value is -1.22. The van der Waals surface area contributed by atoms with E-state index < -0.39 is 0 Å². The van der Waals surface area contributed by atoms with Crippen LogP contribution in [0.25, 0.3) is 10.3 Å². The molecule has 7 nitrogen and oxygen atoms in total. The molecule has 0 amide bonds. The average molecular weight is 323 g/mol. The molecule has 1 N–H and O–H groups in total. The van der Waals surface area contributed by atoms with Gasteiger partial charge in [0.25, 0.3) is 0 Å². The second-order valence-electron chi connectivity index (χ2n) is 5.88. The number of hydrogen-bond donors (Lipinski definition) is 1. The van der Waals surface area contributed by atoms with Gasteiger partial charge in [-0.05, 0) is 6.92 Å². The van der Waals surface area contributed by atoms with E-state index in [1.807, 2.05) is 18.7 Å². The summed E-state index contributed by atoms with van der Waals surface area (Å²) in [5.41, 5.74) is 1.99. The predicted octanol–water partition coefficient (Wildman–Crippen LogP) is 0.850. The Labute approximate surface area is 133 Å². The lowest BCUT2D eigenvalue weighted by Crippen LogP contribution is -2.50. The van der Waals surface area contributed by atoms with Crippen LogP contribution in [0.4, 0.5) is 5.13 Å². The Kier molecular flexibility index (Phi) is 3.77. The molecule has 2 atom stereocenters. The normalized spacial score (nSPS) is 26.8. The monoisotopic (exact) mass is 323 g/mol. The van der Waals surface area contributed by atoms with E-state index in [1.54, 1.807) is 11.3 Å². The van der Waals surface area contributed by atoms with E-state index in [4.69, 9.17) is 9.47 Å². The molecule has 0 bridgehead atoms. The quantitative estimate of drug-likeness (QED) is 0.903. The zero-order chi connectivity index (χ0) is 15.1. The van der Waals surface area contributed by atoms with Gasteiger partial charge in [-0.3, -0.25) is 4.90 Å². The lowest BCUT2D eigenvalue weighted by molar-refractivity contribution is 0.0131. The lowest BCUT2D eigenvalue weighted by atomic mass is 10.1. The first kappa shape index (κ1) is 14.4. The van der Waals surface area contributed by atoms with Gasteiger partial charge >= 0.3 is 0 Å². The standard InChI is InChI=1S/C14H21N5O2S/c1-9-12-13(18(2)17-9)16-14(22-12)15-10-7-21-8-11(10)19-3-5-20-6-4-19/h10-11H,3-8H2,1-2H3,(H,15,16)/t10-,11-/m0/s1. The zero-order valence-electron chi connectivity index (χ0n) is 12.9. The second kappa shape index (κ2) is 5.77. The molecule has 2 saturated heterocycles. The molecule has 2 fully saturated rings. The third kappa shape index (κ3) is 2.50. The third-order valence-corrected chi connectivity index (χ3v) is 5.50. The number of ether oxygens (including phenoxy) is 2. The number of anilines is 1. The first-order chi connectivity index (χ1) is 10.7. The fourth-order valence-electron chi connectivity index (χ4n) is 3.26. The molecule has 0 radical (unpaired) electrons. The van der Waals surface area contributed by atoms with E-state index in [0.717, 1.165) is 60.7 Å². The van der Waals surface area contributed by atoms with Gasteiger partial charge in [0.15, 0.2) is 10.8 Å². The van der Waals surface area contributed by atoms with E-state index in [9.17, 15) is 0 Å². The molecule has 2 aliphatic heterocycles. The van der Waals surface area contributed by atoms with E-state index in [-0.39, 0.29) is 6.04 Å². The molecule has 4 rings (SSSR count). The van der Waals surface area contributed by atoms with Crippen molar-refractivity contribution in [3.63, 3.8) is 0 Å². The summed E-state index contributed by atoms with van der Waals surface area (Å²) in [4.78, 5) is 7.15. The van der Waals surface area contributed by atoms with Gasteiger partial charge in [-0.2, -0.15) is 5.10 Å². The van der Waals surface area contributed by atoms with Crippen LogP contribution in [0.5, 0.6) is 0 Å². The Morgan fingerprint density at radius 3 is 2.82 bits per heavy atom. The Morgan fingerprint density at radius 1 is 1.23 bits per heavy atom. The smallest absolute Gasteiger partial charge is 0.185 e. The van der Waals surface area contributed by atoms with Crippen LogP contribution in [0.3, 0.4) is 0 Å². The SMILES string of the molecule is Cc1nn(C)c2nc(N[C@H]3COC[C@@H]3N3CCOCC3)sc12. The Balaban J connectivity index is 1.51. The van der Waals surface area contributed by atoms with Gasteiger partial charge in [-0.25, -0.2) is 9.67 Å². The van der Waals surface area contributed by atoms with Crippen molar-refractivity contribution in [2.75, 3.05) is 44.8 Å². The van der Waals surface area contributed by atoms with Gasteiger partial charge in [0.2, 0.25) is 0 Å². The Morgan fingerprint density at radius 2 is 2.05 bits per heavy atom. The highest BCUT2D eigenvalue weighted by atomic mass is 32.1. The predicted molar refractivity (Wildman–Crippen MR) is 85.5 cm³/mol. The molecule has 0 spiro atoms. The molecule has 0 unspecified atom stereocenters. The summed E-state index contributed by atoms with van der Waals surface area (Å²) >= 11 is 1.68. The van der Waals surface area contributed by atoms with Crippen LogP contribution in [0.15, 0.2) is 0 Å². The van der Waals surface area contributed by atoms with Gasteiger partial charge in [0.05, 0.1) is 48.9 Å². The molecule has 0 aliphatic carbocycles. The molecule has 120 valence electrons. The fraction of sp³-hybridized carbons (Fsp3) is 0.714. The van der Waals surface area contributed by atoms with Crippen LogP contribution < -0.4 is 5.32 Å². The first-order valence-electron chi connectivity index (χ1n) is 7.68. The van der Waals surface area contributed by atoms with Gasteiger partial charge in [0, 0.05) is 20.1 Å². The summed E-state index contributed by atoms with van der Waals surface area (Å²) in [7, 11) is 1.94. The highest BCUT2D eigenvalue weighted by Crippen LogP contribution is 2.29. The van der Waals surface area contributed by atoms with Crippen LogP contribution >= 0.6 is 11.3 Å². The molecule has 2 aliphatic rings. The summed E-state index contributed by atoms with van der Waals surface area (Å²) in [5.74, 6) is 0. The first-order valence-corrected chi connectivity index (χ1v) is 8.50. The van der Waals surface area contributed by atoms with E-state index in [1.165, 1.54) is 0 Å². The molecular weight excluding hydrogens is 302 g/mol. The lowest BCUT2D eigenvalue weighted by Gasteiger charge is -2.34. The van der Waals surface area contributed by atoms with E-state index in [0.29, 0.717) is 6.04 Å². The maximum atomic E-state index is 5.71. The molecule has 0 saturated carbocycles. The van der Waals surface area contributed by atoms with Crippen LogP contribution in [0.2, 0.25) is 0 Å². The fourth-order valence-corrected chi connectivity index (χ4v) is 4.25. The van der Waals surface area contributed by atoms with E-state index >= 15 is 0 Å². The van der Waals surface area contributed by atoms with Crippen molar-refractivity contribution < 1.29 is 9.47 Å². The minimum Gasteiger partial charge on any atom is -0.379 e. The largest absolute Gasteiger partial charge is 0.379 e. The molecule has 2 aromatic rings. The van der Waals surface area contributed by atoms with Crippen molar-refractivity contribution >= 4 is 26.8 Å². The number of aryl methyl sites for hydroxylation is 2. The van der Waals surface area contributed by atoms with Crippen molar-refractivity contribution in [2.45, 2.75) is 19.0 Å². The van der Waals surface area contributed by atoms with Gasteiger partial charge < -0.3 is 14.8 Å². The van der Waals surface area contributed by atoms with Crippen molar-refractivity contribution in [2.24, 2.45) is 7.05 Å². The van der Waals surface area contributed by atoms with Crippen molar-refractivity contribution in [1.29, 1.82) is 0 Å². The molecule has 2 aromatic heterocycles. The number of morpholine rings is 1. The van der Waals surface area contributed by atoms with Crippen LogP contribution in [-0.2, 0) is 16.5 Å². The van der Waals surface area contributed by atoms with Crippen LogP contribution in [0.1, 0.15) is 5.69 Å². The van der Waals surface area contributed by atoms with Crippen molar-refractivity contribution in [1.82, 2.24) is 19.7 Å². The molecular formula is C14H21N5O2S. The number of fused-ring (bicyclic) bond motifs is 1. The maximum Gasteiger partial charge on any atom is 0.185 e. The number of aromatic nitrogens is 3. The third-order valence-electron chi connectivity index (χ3n) is 4.42. The summed E-state index contributed by atoms with van der Waals surface area (Å²) in [5, 5.41) is 8.94. The summed E-state index contributed by atoms with van der Waals surface area (Å²) in [6, 6.07) is 0.682. The number of nitrogens with one attached hydrogen (secondary N) is 1. The highest BCUT2D eigenvalue weighted by Gasteiger charge is 2.34. The minimum absolute atomic E-state index is 0.284. The molecule has 22 heavy (non-hydrogen) atoms. The number of nitrogens with zero attached hydrogens (tertiary/aromatic N) is 4. The van der Waals surface area contributed by atoms with Crippen LogP contribution in [-0.4, -0.2) is 71.3 Å². The van der Waals surface area contributed by atoms with E-state index in [2.05, 4.69) is 20.3 Å². The molecule has 0 aromatic carbocycles. The topological polar surface area (TPSA) is 64.4 Å². The summed E-state index contributed by atoms with van der Waals surface area (Å²) in [6.45, 7) is 7.13. The molecule has 8 heteroatoms. The summed E-state index contributed by atoms with van der Waals surface area (Å²) in [6.07, 6.45) is 0. The second-order valence-corrected chi connectivity index (χ2v) is 6.88.